The van der Waals surface area contributed by atoms with E-state index in [1.54, 1.807) is 0 Å². The van der Waals surface area contributed by atoms with Crippen molar-refractivity contribution in [2.24, 2.45) is 0 Å². The number of hydrogen-bond donors (Lipinski definition) is 1. The lowest BCUT2D eigenvalue weighted by Gasteiger charge is -2.10. The molecule has 0 spiro atoms. The first-order valence-corrected chi connectivity index (χ1v) is 5.72. The fraction of sp³-hybridized carbons (Fsp3) is 0.625. The second kappa shape index (κ2) is 4.14. The third-order valence-electron chi connectivity index (χ3n) is 1.75. The number of aromatic nitrogens is 2. The van der Waals surface area contributed by atoms with E-state index in [2.05, 4.69) is 28.9 Å². The number of nitrogens with zero attached hydrogens (tertiary/aromatic N) is 1. The quantitative estimate of drug-likeness (QED) is 0.761. The molecule has 1 aromatic rings. The van der Waals surface area contributed by atoms with Crippen LogP contribution >= 0.6 is 24.0 Å². The van der Waals surface area contributed by atoms with Crippen molar-refractivity contribution < 1.29 is 0 Å². The van der Waals surface area contributed by atoms with E-state index in [1.165, 1.54) is 0 Å². The molecule has 1 rings (SSSR count). The molecule has 0 fully saturated rings. The van der Waals surface area contributed by atoms with Gasteiger partial charge in [-0.25, -0.2) is 0 Å². The molecule has 1 unspecified atom stereocenters. The zero-order valence-electron chi connectivity index (χ0n) is 7.63. The third-order valence-corrected chi connectivity index (χ3v) is 2.88. The summed E-state index contributed by atoms with van der Waals surface area (Å²) in [7, 11) is 0. The lowest BCUT2D eigenvalue weighted by molar-refractivity contribution is 0.601. The summed E-state index contributed by atoms with van der Waals surface area (Å²) in [5.41, 5.74) is 1.13. The maximum atomic E-state index is 5.16. The molecule has 0 bridgehead atoms. The molecule has 0 aliphatic rings. The van der Waals surface area contributed by atoms with E-state index in [1.807, 2.05) is 18.7 Å². The van der Waals surface area contributed by atoms with Gasteiger partial charge in [0.15, 0.2) is 4.77 Å². The Kier molecular flexibility index (Phi) is 3.40. The number of H-pyrrole nitrogens is 1. The first-order chi connectivity index (χ1) is 5.65. The zero-order valence-corrected chi connectivity index (χ0v) is 9.26. The number of aromatic amines is 1. The predicted octanol–water partition coefficient (Wildman–Crippen LogP) is 2.78. The second-order valence-electron chi connectivity index (χ2n) is 2.95. The highest BCUT2D eigenvalue weighted by Gasteiger charge is 2.04. The molecule has 1 N–H and O–H groups in total. The highest BCUT2D eigenvalue weighted by Crippen LogP contribution is 2.12. The van der Waals surface area contributed by atoms with Crippen molar-refractivity contribution >= 4 is 24.0 Å². The highest BCUT2D eigenvalue weighted by molar-refractivity contribution is 7.98. The van der Waals surface area contributed by atoms with Crippen molar-refractivity contribution in [1.29, 1.82) is 0 Å². The van der Waals surface area contributed by atoms with Crippen molar-refractivity contribution in [1.82, 2.24) is 9.55 Å². The minimum absolute atomic E-state index is 0.484. The van der Waals surface area contributed by atoms with Crippen LogP contribution in [0.25, 0.3) is 0 Å². The van der Waals surface area contributed by atoms with Crippen LogP contribution in [0.4, 0.5) is 0 Å². The monoisotopic (exact) mass is 202 g/mol. The Balaban J connectivity index is 2.86. The fourth-order valence-electron chi connectivity index (χ4n) is 1.18. The van der Waals surface area contributed by atoms with E-state index >= 15 is 0 Å². The fourth-order valence-corrected chi connectivity index (χ4v) is 2.22. The molecule has 0 radical (unpaired) electrons. The molecule has 0 aliphatic carbocycles. The first-order valence-electron chi connectivity index (χ1n) is 3.92. The Morgan fingerprint density at radius 2 is 2.42 bits per heavy atom. The van der Waals surface area contributed by atoms with Crippen molar-refractivity contribution in [3.8, 4) is 0 Å². The lowest BCUT2D eigenvalue weighted by Crippen LogP contribution is -2.06. The number of rotatable bonds is 3. The summed E-state index contributed by atoms with van der Waals surface area (Å²) in [5, 5.41) is 0. The summed E-state index contributed by atoms with van der Waals surface area (Å²) >= 11 is 7.00. The van der Waals surface area contributed by atoms with E-state index in [0.29, 0.717) is 6.04 Å². The number of nitrogens with one attached hydrogen (secondary N) is 1. The van der Waals surface area contributed by atoms with Gasteiger partial charge >= 0.3 is 0 Å². The van der Waals surface area contributed by atoms with Crippen molar-refractivity contribution in [2.75, 3.05) is 12.0 Å². The van der Waals surface area contributed by atoms with Crippen LogP contribution in [0.1, 0.15) is 18.7 Å². The molecule has 2 nitrogen and oxygen atoms in total. The van der Waals surface area contributed by atoms with Crippen LogP contribution in [0.3, 0.4) is 0 Å². The van der Waals surface area contributed by atoms with Gasteiger partial charge in [-0.05, 0) is 32.3 Å². The standard InChI is InChI=1S/C8H14N2S2/c1-6-4-10(8(11)9-6)7(2)5-12-3/h4,7H,5H2,1-3H3,(H,9,11). The normalized spacial score (nSPS) is 13.2. The van der Waals surface area contributed by atoms with Crippen molar-refractivity contribution in [3.05, 3.63) is 16.7 Å². The van der Waals surface area contributed by atoms with Crippen LogP contribution in [0.15, 0.2) is 6.20 Å². The summed E-state index contributed by atoms with van der Waals surface area (Å²) in [6, 6.07) is 0.484. The summed E-state index contributed by atoms with van der Waals surface area (Å²) in [5.74, 6) is 1.10. The maximum absolute atomic E-state index is 5.16. The summed E-state index contributed by atoms with van der Waals surface area (Å²) in [4.78, 5) is 3.12. The van der Waals surface area contributed by atoms with Crippen molar-refractivity contribution in [2.45, 2.75) is 19.9 Å². The molecular formula is C8H14N2S2. The molecule has 0 saturated heterocycles. The topological polar surface area (TPSA) is 20.7 Å². The van der Waals surface area contributed by atoms with E-state index in [0.717, 1.165) is 16.2 Å². The molecule has 1 atom stereocenters. The maximum Gasteiger partial charge on any atom is 0.177 e. The second-order valence-corrected chi connectivity index (χ2v) is 4.25. The van der Waals surface area contributed by atoms with E-state index in [9.17, 15) is 0 Å². The van der Waals surface area contributed by atoms with Crippen molar-refractivity contribution in [3.63, 3.8) is 0 Å². The molecule has 0 aromatic carbocycles. The van der Waals surface area contributed by atoms with E-state index < -0.39 is 0 Å². The average Bonchev–Trinajstić information content (AvgIpc) is 2.30. The van der Waals surface area contributed by atoms with Gasteiger partial charge in [0, 0.05) is 23.7 Å². The van der Waals surface area contributed by atoms with Gasteiger partial charge in [-0.3, -0.25) is 0 Å². The zero-order chi connectivity index (χ0) is 9.14. The molecule has 4 heteroatoms. The first kappa shape index (κ1) is 9.86. The van der Waals surface area contributed by atoms with Gasteiger partial charge < -0.3 is 9.55 Å². The largest absolute Gasteiger partial charge is 0.335 e. The van der Waals surface area contributed by atoms with Gasteiger partial charge in [-0.1, -0.05) is 0 Å². The molecule has 1 heterocycles. The van der Waals surface area contributed by atoms with E-state index in [4.69, 9.17) is 12.2 Å². The molecule has 68 valence electrons. The van der Waals surface area contributed by atoms with Gasteiger partial charge in [-0.15, -0.1) is 0 Å². The Bertz CT molecular complexity index is 300. The van der Waals surface area contributed by atoms with Crippen LogP contribution in [-0.4, -0.2) is 21.6 Å². The average molecular weight is 202 g/mol. The van der Waals surface area contributed by atoms with Gasteiger partial charge in [0.2, 0.25) is 0 Å². The summed E-state index contributed by atoms with van der Waals surface area (Å²) in [6.07, 6.45) is 4.18. The predicted molar refractivity (Wildman–Crippen MR) is 57.4 cm³/mol. The molecule has 0 amide bonds. The summed E-state index contributed by atoms with van der Waals surface area (Å²) in [6.45, 7) is 4.21. The molecule has 1 aromatic heterocycles. The van der Waals surface area contributed by atoms with Gasteiger partial charge in [0.1, 0.15) is 0 Å². The SMILES string of the molecule is CSCC(C)n1cc(C)[nH]c1=S. The molecule has 12 heavy (non-hydrogen) atoms. The smallest absolute Gasteiger partial charge is 0.177 e. The van der Waals surface area contributed by atoms with Crippen LogP contribution in [0, 0.1) is 11.7 Å². The Labute approximate surface area is 82.4 Å². The van der Waals surface area contributed by atoms with E-state index in [-0.39, 0.29) is 0 Å². The Morgan fingerprint density at radius 3 is 2.83 bits per heavy atom. The number of hydrogen-bond acceptors (Lipinski definition) is 2. The molecule has 0 aliphatic heterocycles. The van der Waals surface area contributed by atoms with Crippen LogP contribution in [0.5, 0.6) is 0 Å². The van der Waals surface area contributed by atoms with Gasteiger partial charge in [0.05, 0.1) is 0 Å². The lowest BCUT2D eigenvalue weighted by atomic mass is 10.4. The Hall–Kier alpha value is -0.220. The molecule has 0 saturated carbocycles. The Morgan fingerprint density at radius 1 is 1.75 bits per heavy atom. The minimum Gasteiger partial charge on any atom is -0.335 e. The minimum atomic E-state index is 0.484. The van der Waals surface area contributed by atoms with Gasteiger partial charge in [-0.2, -0.15) is 11.8 Å². The van der Waals surface area contributed by atoms with Crippen LogP contribution in [0.2, 0.25) is 0 Å². The van der Waals surface area contributed by atoms with Gasteiger partial charge in [0.25, 0.3) is 0 Å². The number of imidazole rings is 1. The number of aryl methyl sites for hydroxylation is 1. The highest BCUT2D eigenvalue weighted by atomic mass is 32.2. The third kappa shape index (κ3) is 2.14. The van der Waals surface area contributed by atoms with Crippen LogP contribution < -0.4 is 0 Å². The van der Waals surface area contributed by atoms with Crippen LogP contribution in [-0.2, 0) is 0 Å². The summed E-state index contributed by atoms with van der Waals surface area (Å²) < 4.78 is 2.94. The molecular weight excluding hydrogens is 188 g/mol. The number of thioether (sulfide) groups is 1.